The zero-order chi connectivity index (χ0) is 12.4. The van der Waals surface area contributed by atoms with Gasteiger partial charge in [-0.3, -0.25) is 4.79 Å². The number of piperidine rings is 1. The number of hydrogen-bond donors (Lipinski definition) is 1. The van der Waals surface area contributed by atoms with E-state index in [0.717, 1.165) is 25.9 Å². The van der Waals surface area contributed by atoms with Crippen molar-refractivity contribution in [1.29, 1.82) is 0 Å². The molecule has 1 saturated heterocycles. The summed E-state index contributed by atoms with van der Waals surface area (Å²) >= 11 is 6.10. The van der Waals surface area contributed by atoms with Gasteiger partial charge in [0.1, 0.15) is 5.02 Å². The molecule has 1 fully saturated rings. The Morgan fingerprint density at radius 3 is 3.06 bits per heavy atom. The minimum atomic E-state index is -0.231. The average Bonchev–Trinajstić information content (AvgIpc) is 2.32. The normalized spacial score (nSPS) is 20.6. The Bertz CT molecular complexity index is 459. The van der Waals surface area contributed by atoms with Crippen LogP contribution in [0.4, 0.5) is 5.69 Å². The van der Waals surface area contributed by atoms with Crippen molar-refractivity contribution >= 4 is 17.3 Å². The first-order chi connectivity index (χ1) is 8.13. The molecule has 1 aromatic rings. The van der Waals surface area contributed by atoms with Crippen LogP contribution in [0.25, 0.3) is 0 Å². The number of hydrogen-bond acceptors (Lipinski definition) is 4. The molecule has 6 heteroatoms. The number of nitrogens with zero attached hydrogens (tertiary/aromatic N) is 3. The topological polar surface area (TPSA) is 64.2 Å². The first-order valence-electron chi connectivity index (χ1n) is 5.89. The highest BCUT2D eigenvalue weighted by molar-refractivity contribution is 6.33. The van der Waals surface area contributed by atoms with Crippen LogP contribution in [0.5, 0.6) is 0 Å². The van der Waals surface area contributed by atoms with Gasteiger partial charge in [0.15, 0.2) is 0 Å². The van der Waals surface area contributed by atoms with Crippen LogP contribution in [0.15, 0.2) is 11.0 Å². The van der Waals surface area contributed by atoms with Gasteiger partial charge >= 0.3 is 0 Å². The molecule has 1 aliphatic heterocycles. The summed E-state index contributed by atoms with van der Waals surface area (Å²) in [6, 6.07) is 0.147. The number of aromatic nitrogens is 2. The quantitative estimate of drug-likeness (QED) is 0.852. The lowest BCUT2D eigenvalue weighted by molar-refractivity contribution is 0.503. The number of nitrogens with two attached hydrogens (primary N) is 1. The molecule has 0 saturated carbocycles. The monoisotopic (exact) mass is 256 g/mol. The standard InChI is InChI=1S/C11H17ClN4O/c1-2-16-11(17)10(12)9(6-14-16)15-5-3-4-8(13)7-15/h6,8H,2-5,7,13H2,1H3/t8-/m0/s1. The van der Waals surface area contributed by atoms with Crippen molar-refractivity contribution in [3.05, 3.63) is 21.6 Å². The number of rotatable bonds is 2. The van der Waals surface area contributed by atoms with E-state index in [4.69, 9.17) is 17.3 Å². The van der Waals surface area contributed by atoms with Crippen molar-refractivity contribution in [3.63, 3.8) is 0 Å². The summed E-state index contributed by atoms with van der Waals surface area (Å²) in [6.07, 6.45) is 3.70. The SMILES string of the molecule is CCn1ncc(N2CCC[C@H](N)C2)c(Cl)c1=O. The molecule has 0 radical (unpaired) electrons. The van der Waals surface area contributed by atoms with Crippen molar-refractivity contribution in [2.75, 3.05) is 18.0 Å². The molecule has 0 aromatic carbocycles. The van der Waals surface area contributed by atoms with Crippen LogP contribution in [-0.2, 0) is 6.54 Å². The van der Waals surface area contributed by atoms with Crippen LogP contribution in [0.3, 0.4) is 0 Å². The summed E-state index contributed by atoms with van der Waals surface area (Å²) in [6.45, 7) is 4.00. The Labute approximate surface area is 105 Å². The Kier molecular flexibility index (Phi) is 3.69. The lowest BCUT2D eigenvalue weighted by Crippen LogP contribution is -2.43. The molecule has 94 valence electrons. The number of halogens is 1. The number of anilines is 1. The fourth-order valence-electron chi connectivity index (χ4n) is 2.13. The molecule has 0 spiro atoms. The zero-order valence-electron chi connectivity index (χ0n) is 9.90. The molecule has 1 atom stereocenters. The van der Waals surface area contributed by atoms with E-state index in [1.165, 1.54) is 4.68 Å². The van der Waals surface area contributed by atoms with Crippen LogP contribution < -0.4 is 16.2 Å². The summed E-state index contributed by atoms with van der Waals surface area (Å²) in [5.74, 6) is 0. The molecule has 2 N–H and O–H groups in total. The molecular formula is C11H17ClN4O. The maximum atomic E-state index is 11.9. The highest BCUT2D eigenvalue weighted by atomic mass is 35.5. The third kappa shape index (κ3) is 2.45. The lowest BCUT2D eigenvalue weighted by Gasteiger charge is -2.32. The van der Waals surface area contributed by atoms with E-state index in [-0.39, 0.29) is 16.6 Å². The molecule has 17 heavy (non-hydrogen) atoms. The molecule has 1 aromatic heterocycles. The Hall–Kier alpha value is -1.07. The molecule has 0 bridgehead atoms. The van der Waals surface area contributed by atoms with Crippen LogP contribution >= 0.6 is 11.6 Å². The van der Waals surface area contributed by atoms with Gasteiger partial charge in [0.25, 0.3) is 5.56 Å². The molecule has 1 aliphatic rings. The Morgan fingerprint density at radius 2 is 2.41 bits per heavy atom. The van der Waals surface area contributed by atoms with E-state index in [1.54, 1.807) is 6.20 Å². The van der Waals surface area contributed by atoms with Gasteiger partial charge in [-0.05, 0) is 19.8 Å². The largest absolute Gasteiger partial charge is 0.367 e. The fraction of sp³-hybridized carbons (Fsp3) is 0.636. The average molecular weight is 257 g/mol. The van der Waals surface area contributed by atoms with Gasteiger partial charge in [0.05, 0.1) is 11.9 Å². The van der Waals surface area contributed by atoms with Crippen molar-refractivity contribution in [3.8, 4) is 0 Å². The minimum Gasteiger partial charge on any atom is -0.367 e. The summed E-state index contributed by atoms with van der Waals surface area (Å²) in [5, 5.41) is 4.34. The Balaban J connectivity index is 2.33. The summed E-state index contributed by atoms with van der Waals surface area (Å²) in [4.78, 5) is 13.9. The molecule has 0 amide bonds. The molecule has 0 aliphatic carbocycles. The van der Waals surface area contributed by atoms with Crippen molar-refractivity contribution in [2.24, 2.45) is 5.73 Å². The van der Waals surface area contributed by atoms with Crippen molar-refractivity contribution < 1.29 is 0 Å². The van der Waals surface area contributed by atoms with E-state index in [1.807, 2.05) is 11.8 Å². The van der Waals surface area contributed by atoms with Gasteiger partial charge in [0, 0.05) is 25.7 Å². The molecule has 2 heterocycles. The van der Waals surface area contributed by atoms with Gasteiger partial charge in [-0.25, -0.2) is 4.68 Å². The van der Waals surface area contributed by atoms with Gasteiger partial charge in [-0.2, -0.15) is 5.10 Å². The summed E-state index contributed by atoms with van der Waals surface area (Å²) < 4.78 is 1.36. The predicted octanol–water partition coefficient (Wildman–Crippen LogP) is 0.844. The zero-order valence-corrected chi connectivity index (χ0v) is 10.7. The first-order valence-corrected chi connectivity index (χ1v) is 6.27. The Morgan fingerprint density at radius 1 is 1.65 bits per heavy atom. The van der Waals surface area contributed by atoms with Crippen LogP contribution in [-0.4, -0.2) is 28.9 Å². The molecule has 0 unspecified atom stereocenters. The fourth-order valence-corrected chi connectivity index (χ4v) is 2.40. The second-order valence-corrected chi connectivity index (χ2v) is 4.69. The van der Waals surface area contributed by atoms with Gasteiger partial charge in [-0.1, -0.05) is 11.6 Å². The smallest absolute Gasteiger partial charge is 0.287 e. The molecule has 5 nitrogen and oxygen atoms in total. The highest BCUT2D eigenvalue weighted by Crippen LogP contribution is 2.23. The van der Waals surface area contributed by atoms with Gasteiger partial charge in [-0.15, -0.1) is 0 Å². The van der Waals surface area contributed by atoms with Crippen molar-refractivity contribution in [2.45, 2.75) is 32.4 Å². The van der Waals surface area contributed by atoms with Crippen molar-refractivity contribution in [1.82, 2.24) is 9.78 Å². The van der Waals surface area contributed by atoms with Crippen LogP contribution in [0.1, 0.15) is 19.8 Å². The summed E-state index contributed by atoms with van der Waals surface area (Å²) in [5.41, 5.74) is 6.39. The third-order valence-electron chi connectivity index (χ3n) is 3.06. The van der Waals surface area contributed by atoms with E-state index in [2.05, 4.69) is 5.10 Å². The maximum Gasteiger partial charge on any atom is 0.287 e. The van der Waals surface area contributed by atoms with Gasteiger partial charge < -0.3 is 10.6 Å². The van der Waals surface area contributed by atoms with E-state index in [0.29, 0.717) is 12.2 Å². The maximum absolute atomic E-state index is 11.9. The second-order valence-electron chi connectivity index (χ2n) is 4.31. The second kappa shape index (κ2) is 5.06. The first kappa shape index (κ1) is 12.4. The van der Waals surface area contributed by atoms with E-state index in [9.17, 15) is 4.79 Å². The molecular weight excluding hydrogens is 240 g/mol. The predicted molar refractivity (Wildman–Crippen MR) is 68.6 cm³/mol. The highest BCUT2D eigenvalue weighted by Gasteiger charge is 2.20. The summed E-state index contributed by atoms with van der Waals surface area (Å²) in [7, 11) is 0. The van der Waals surface area contributed by atoms with E-state index >= 15 is 0 Å². The number of aryl methyl sites for hydroxylation is 1. The van der Waals surface area contributed by atoms with Crippen LogP contribution in [0.2, 0.25) is 5.02 Å². The van der Waals surface area contributed by atoms with Gasteiger partial charge in [0.2, 0.25) is 0 Å². The molecule has 2 rings (SSSR count). The van der Waals surface area contributed by atoms with E-state index < -0.39 is 0 Å². The lowest BCUT2D eigenvalue weighted by atomic mass is 10.1. The van der Waals surface area contributed by atoms with Crippen LogP contribution in [0, 0.1) is 0 Å². The third-order valence-corrected chi connectivity index (χ3v) is 3.42. The minimum absolute atomic E-state index is 0.147.